The number of aliphatic hydroxyl groups is 1. The molecule has 0 amide bonds. The smallest absolute Gasteiger partial charge is 0.329 e. The zero-order chi connectivity index (χ0) is 13.6. The quantitative estimate of drug-likeness (QED) is 0.360. The van der Waals surface area contributed by atoms with Gasteiger partial charge in [0.25, 0.3) is 10.1 Å². The van der Waals surface area contributed by atoms with E-state index in [1.807, 2.05) is 0 Å². The average molecular weight is 270 g/mol. The summed E-state index contributed by atoms with van der Waals surface area (Å²) in [4.78, 5) is 22.1. The van der Waals surface area contributed by atoms with Gasteiger partial charge in [0.15, 0.2) is 11.5 Å². The molecule has 0 aliphatic heterocycles. The Morgan fingerprint density at radius 2 is 1.88 bits per heavy atom. The monoisotopic (exact) mass is 270 g/mol. The highest BCUT2D eigenvalue weighted by Crippen LogP contribution is 2.10. The van der Waals surface area contributed by atoms with Gasteiger partial charge in [0.05, 0.1) is 13.5 Å². The van der Waals surface area contributed by atoms with Gasteiger partial charge in [0.2, 0.25) is 0 Å². The standard InChI is InChI=1S/C8H14O8S/c1-3-6(9)16-8(11)5(17(12,13)14)4-7(10)15-2/h5-6,9H,3-4H2,1-2H3,(H,12,13,14). The highest BCUT2D eigenvalue weighted by molar-refractivity contribution is 7.87. The number of hydrogen-bond acceptors (Lipinski definition) is 7. The lowest BCUT2D eigenvalue weighted by Gasteiger charge is -2.14. The lowest BCUT2D eigenvalue weighted by atomic mass is 10.3. The summed E-state index contributed by atoms with van der Waals surface area (Å²) in [6.45, 7) is 1.49. The Balaban J connectivity index is 4.82. The van der Waals surface area contributed by atoms with E-state index in [0.29, 0.717) is 0 Å². The fraction of sp³-hybridized carbons (Fsp3) is 0.750. The first kappa shape index (κ1) is 15.8. The Morgan fingerprint density at radius 1 is 1.35 bits per heavy atom. The summed E-state index contributed by atoms with van der Waals surface area (Å²) in [6.07, 6.45) is -2.34. The normalized spacial score (nSPS) is 14.8. The molecule has 0 aromatic rings. The minimum absolute atomic E-state index is 0.0438. The number of esters is 2. The van der Waals surface area contributed by atoms with E-state index in [1.54, 1.807) is 0 Å². The van der Waals surface area contributed by atoms with Gasteiger partial charge in [-0.25, -0.2) is 0 Å². The van der Waals surface area contributed by atoms with Crippen LogP contribution >= 0.6 is 0 Å². The van der Waals surface area contributed by atoms with Crippen molar-refractivity contribution in [1.29, 1.82) is 0 Å². The fourth-order valence-electron chi connectivity index (χ4n) is 0.838. The van der Waals surface area contributed by atoms with Crippen molar-refractivity contribution < 1.29 is 37.1 Å². The summed E-state index contributed by atoms with van der Waals surface area (Å²) in [5.41, 5.74) is 0. The van der Waals surface area contributed by atoms with Gasteiger partial charge in [0.1, 0.15) is 0 Å². The SMILES string of the molecule is CCC(O)OC(=O)C(CC(=O)OC)S(=O)(=O)O. The van der Waals surface area contributed by atoms with Gasteiger partial charge in [-0.3, -0.25) is 14.1 Å². The molecular formula is C8H14O8S. The number of carbonyl (C=O) groups excluding carboxylic acids is 2. The molecule has 17 heavy (non-hydrogen) atoms. The summed E-state index contributed by atoms with van der Waals surface area (Å²) >= 11 is 0. The molecule has 9 heteroatoms. The molecule has 2 atom stereocenters. The van der Waals surface area contributed by atoms with Gasteiger partial charge in [-0.2, -0.15) is 8.42 Å². The van der Waals surface area contributed by atoms with Gasteiger partial charge in [-0.05, 0) is 0 Å². The van der Waals surface area contributed by atoms with E-state index in [4.69, 9.17) is 9.66 Å². The molecule has 0 saturated carbocycles. The van der Waals surface area contributed by atoms with Crippen molar-refractivity contribution in [1.82, 2.24) is 0 Å². The Morgan fingerprint density at radius 3 is 2.24 bits per heavy atom. The van der Waals surface area contributed by atoms with E-state index in [9.17, 15) is 18.0 Å². The van der Waals surface area contributed by atoms with Crippen LogP contribution in [0, 0.1) is 0 Å². The minimum atomic E-state index is -4.81. The Kier molecular flexibility index (Phi) is 6.07. The Bertz CT molecular complexity index is 373. The zero-order valence-electron chi connectivity index (χ0n) is 9.32. The molecule has 0 heterocycles. The Hall–Kier alpha value is -1.19. The van der Waals surface area contributed by atoms with Crippen LogP contribution in [0.4, 0.5) is 0 Å². The maximum atomic E-state index is 11.3. The van der Waals surface area contributed by atoms with Crippen molar-refractivity contribution in [2.24, 2.45) is 0 Å². The summed E-state index contributed by atoms with van der Waals surface area (Å²) in [5.74, 6) is -2.41. The Labute approximate surface area is 98.3 Å². The summed E-state index contributed by atoms with van der Waals surface area (Å²) in [7, 11) is -3.81. The van der Waals surface area contributed by atoms with Gasteiger partial charge in [0, 0.05) is 6.42 Å². The summed E-state index contributed by atoms with van der Waals surface area (Å²) < 4.78 is 39.0. The van der Waals surface area contributed by atoms with Crippen molar-refractivity contribution in [2.75, 3.05) is 7.11 Å². The van der Waals surface area contributed by atoms with E-state index in [1.165, 1.54) is 6.92 Å². The highest BCUT2D eigenvalue weighted by Gasteiger charge is 2.36. The van der Waals surface area contributed by atoms with Crippen molar-refractivity contribution in [3.63, 3.8) is 0 Å². The number of methoxy groups -OCH3 is 1. The third-order valence-electron chi connectivity index (χ3n) is 1.80. The fourth-order valence-corrected chi connectivity index (χ4v) is 1.48. The zero-order valence-corrected chi connectivity index (χ0v) is 10.1. The second-order valence-corrected chi connectivity index (χ2v) is 4.68. The number of aliphatic hydroxyl groups excluding tert-OH is 1. The van der Waals surface area contributed by atoms with Gasteiger partial charge in [-0.15, -0.1) is 0 Å². The lowest BCUT2D eigenvalue weighted by molar-refractivity contribution is -0.169. The molecule has 100 valence electrons. The largest absolute Gasteiger partial charge is 0.469 e. The van der Waals surface area contributed by atoms with Gasteiger partial charge in [-0.1, -0.05) is 6.92 Å². The first-order valence-electron chi connectivity index (χ1n) is 4.64. The van der Waals surface area contributed by atoms with Crippen molar-refractivity contribution in [3.05, 3.63) is 0 Å². The van der Waals surface area contributed by atoms with Crippen LogP contribution in [0.2, 0.25) is 0 Å². The summed E-state index contributed by atoms with van der Waals surface area (Å²) in [5, 5.41) is 6.90. The maximum Gasteiger partial charge on any atom is 0.329 e. The van der Waals surface area contributed by atoms with E-state index >= 15 is 0 Å². The number of rotatable bonds is 6. The van der Waals surface area contributed by atoms with Crippen LogP contribution in [-0.4, -0.2) is 48.7 Å². The molecule has 0 saturated heterocycles. The van der Waals surface area contributed by atoms with Crippen molar-refractivity contribution in [3.8, 4) is 0 Å². The second kappa shape index (κ2) is 6.52. The molecule has 0 radical (unpaired) electrons. The van der Waals surface area contributed by atoms with Crippen LogP contribution in [0.3, 0.4) is 0 Å². The minimum Gasteiger partial charge on any atom is -0.469 e. The predicted molar refractivity (Wildman–Crippen MR) is 54.4 cm³/mol. The molecule has 0 rings (SSSR count). The topological polar surface area (TPSA) is 127 Å². The van der Waals surface area contributed by atoms with Crippen LogP contribution in [0.5, 0.6) is 0 Å². The van der Waals surface area contributed by atoms with E-state index in [0.717, 1.165) is 7.11 Å². The molecule has 0 aliphatic carbocycles. The average Bonchev–Trinajstić information content (AvgIpc) is 2.23. The van der Waals surface area contributed by atoms with Gasteiger partial charge >= 0.3 is 11.9 Å². The number of ether oxygens (including phenoxy) is 2. The first-order valence-corrected chi connectivity index (χ1v) is 6.14. The lowest BCUT2D eigenvalue weighted by Crippen LogP contribution is -2.36. The predicted octanol–water partition coefficient (Wildman–Crippen LogP) is -0.922. The third-order valence-corrected chi connectivity index (χ3v) is 2.88. The van der Waals surface area contributed by atoms with Crippen LogP contribution in [-0.2, 0) is 29.2 Å². The molecule has 0 bridgehead atoms. The van der Waals surface area contributed by atoms with E-state index in [-0.39, 0.29) is 6.42 Å². The van der Waals surface area contributed by atoms with Crippen LogP contribution < -0.4 is 0 Å². The van der Waals surface area contributed by atoms with Gasteiger partial charge < -0.3 is 14.6 Å². The second-order valence-electron chi connectivity index (χ2n) is 3.08. The molecule has 0 aromatic heterocycles. The molecule has 2 unspecified atom stereocenters. The van der Waals surface area contributed by atoms with Crippen molar-refractivity contribution in [2.45, 2.75) is 31.3 Å². The molecule has 0 aliphatic rings. The molecule has 0 spiro atoms. The number of carbonyl (C=O) groups is 2. The summed E-state index contributed by atoms with van der Waals surface area (Å²) in [6, 6.07) is 0. The third kappa shape index (κ3) is 5.61. The van der Waals surface area contributed by atoms with Crippen molar-refractivity contribution >= 4 is 22.1 Å². The number of hydrogen-bond donors (Lipinski definition) is 2. The maximum absolute atomic E-state index is 11.3. The molecular weight excluding hydrogens is 256 g/mol. The molecule has 0 aromatic carbocycles. The van der Waals surface area contributed by atoms with Crippen LogP contribution in [0.1, 0.15) is 19.8 Å². The van der Waals surface area contributed by atoms with E-state index < -0.39 is 40.0 Å². The first-order chi connectivity index (χ1) is 7.72. The molecule has 0 fully saturated rings. The van der Waals surface area contributed by atoms with E-state index in [2.05, 4.69) is 9.47 Å². The highest BCUT2D eigenvalue weighted by atomic mass is 32.2. The molecule has 2 N–H and O–H groups in total. The van der Waals surface area contributed by atoms with Crippen LogP contribution in [0.15, 0.2) is 0 Å². The van der Waals surface area contributed by atoms with Crippen LogP contribution in [0.25, 0.3) is 0 Å². The molecule has 8 nitrogen and oxygen atoms in total.